The Hall–Kier alpha value is -4.92. The van der Waals surface area contributed by atoms with Crippen LogP contribution in [0.4, 0.5) is 13.2 Å². The van der Waals surface area contributed by atoms with Crippen molar-refractivity contribution in [2.24, 2.45) is 0 Å². The average Bonchev–Trinajstić information content (AvgIpc) is 3.33. The molecular weight excluding hydrogens is 541 g/mol. The minimum Gasteiger partial charge on any atom is -0.361 e. The molecule has 0 bridgehead atoms. The highest BCUT2D eigenvalue weighted by molar-refractivity contribution is 5.95. The zero-order valence-electron chi connectivity index (χ0n) is 23.0. The Balaban J connectivity index is 1.50. The van der Waals surface area contributed by atoms with Gasteiger partial charge in [-0.2, -0.15) is 0 Å². The van der Waals surface area contributed by atoms with Crippen LogP contribution in [0.2, 0.25) is 0 Å². The second-order valence-corrected chi connectivity index (χ2v) is 10.4. The van der Waals surface area contributed by atoms with E-state index in [0.29, 0.717) is 44.4 Å². The molecule has 0 saturated heterocycles. The molecule has 0 fully saturated rings. The fourth-order valence-electron chi connectivity index (χ4n) is 5.01. The van der Waals surface area contributed by atoms with E-state index in [1.165, 1.54) is 24.3 Å². The minimum absolute atomic E-state index is 0.0421. The normalized spacial score (nSPS) is 12.0. The molecule has 3 aromatic carbocycles. The van der Waals surface area contributed by atoms with E-state index in [1.807, 2.05) is 26.0 Å². The molecule has 42 heavy (non-hydrogen) atoms. The fourth-order valence-corrected chi connectivity index (χ4v) is 5.01. The Kier molecular flexibility index (Phi) is 8.38. The Morgan fingerprint density at radius 3 is 2.43 bits per heavy atom. The molecule has 2 amide bonds. The maximum Gasteiger partial charge on any atom is 0.251 e. The van der Waals surface area contributed by atoms with Gasteiger partial charge in [-0.3, -0.25) is 14.6 Å². The van der Waals surface area contributed by atoms with Crippen LogP contribution in [0.1, 0.15) is 47.1 Å². The highest BCUT2D eigenvalue weighted by atomic mass is 19.1. The molecule has 5 aromatic rings. The first-order chi connectivity index (χ1) is 20.2. The largest absolute Gasteiger partial charge is 0.361 e. The van der Waals surface area contributed by atoms with E-state index in [9.17, 15) is 22.8 Å². The van der Waals surface area contributed by atoms with Gasteiger partial charge in [-0.15, -0.1) is 0 Å². The van der Waals surface area contributed by atoms with E-state index < -0.39 is 23.5 Å². The minimum atomic E-state index is -0.787. The Labute approximate surface area is 241 Å². The number of H-pyrrole nitrogens is 1. The molecule has 6 nitrogen and oxygen atoms in total. The average molecular weight is 571 g/mol. The lowest BCUT2D eigenvalue weighted by molar-refractivity contribution is -0.121. The van der Waals surface area contributed by atoms with Gasteiger partial charge in [0, 0.05) is 46.5 Å². The number of rotatable bonds is 9. The molecule has 0 aliphatic rings. The van der Waals surface area contributed by atoms with Crippen molar-refractivity contribution in [1.82, 2.24) is 20.6 Å². The molecule has 0 radical (unpaired) electrons. The van der Waals surface area contributed by atoms with Crippen molar-refractivity contribution >= 4 is 22.7 Å². The van der Waals surface area contributed by atoms with E-state index in [2.05, 4.69) is 20.6 Å². The first-order valence-corrected chi connectivity index (χ1v) is 13.5. The number of pyridine rings is 1. The van der Waals surface area contributed by atoms with Crippen LogP contribution in [-0.2, 0) is 17.6 Å². The molecule has 1 unspecified atom stereocenters. The number of hydrogen-bond acceptors (Lipinski definition) is 3. The number of nitrogens with one attached hydrogen (secondary N) is 3. The Morgan fingerprint density at radius 2 is 1.67 bits per heavy atom. The highest BCUT2D eigenvalue weighted by Gasteiger charge is 2.23. The van der Waals surface area contributed by atoms with Crippen LogP contribution < -0.4 is 10.6 Å². The van der Waals surface area contributed by atoms with Gasteiger partial charge in [0.25, 0.3) is 5.91 Å². The van der Waals surface area contributed by atoms with Crippen LogP contribution >= 0.6 is 0 Å². The summed E-state index contributed by atoms with van der Waals surface area (Å²) in [6.45, 7) is 3.74. The summed E-state index contributed by atoms with van der Waals surface area (Å²) >= 11 is 0. The quantitative estimate of drug-likeness (QED) is 0.191. The third-order valence-electron chi connectivity index (χ3n) is 6.80. The standard InChI is InChI=1S/C33H29F3N4O2/c1-19(2)39-33(42)22-6-3-5-21(14-22)27-7-4-10-37-32(27)30(13-20-11-25(35)16-26(36)12-20)40-31(41)15-23-18-38-29-9-8-24(34)17-28(23)29/h3-12,14,16-19,30,38H,13,15H2,1-2H3,(H,39,42)(H,40,41). The topological polar surface area (TPSA) is 86.9 Å². The van der Waals surface area contributed by atoms with Crippen LogP contribution in [0.5, 0.6) is 0 Å². The third-order valence-corrected chi connectivity index (χ3v) is 6.80. The lowest BCUT2D eigenvalue weighted by atomic mass is 9.94. The van der Waals surface area contributed by atoms with Crippen molar-refractivity contribution in [2.75, 3.05) is 0 Å². The summed E-state index contributed by atoms with van der Waals surface area (Å²) in [5.74, 6) is -2.50. The monoisotopic (exact) mass is 570 g/mol. The molecule has 9 heteroatoms. The number of aromatic amines is 1. The summed E-state index contributed by atoms with van der Waals surface area (Å²) in [4.78, 5) is 33.7. The summed E-state index contributed by atoms with van der Waals surface area (Å²) in [5.41, 5.74) is 3.87. The molecule has 0 saturated carbocycles. The maximum atomic E-state index is 14.1. The molecule has 3 N–H and O–H groups in total. The number of halogens is 3. The summed E-state index contributed by atoms with van der Waals surface area (Å²) in [6.07, 6.45) is 3.20. The van der Waals surface area contributed by atoms with Gasteiger partial charge in [0.1, 0.15) is 17.5 Å². The summed E-state index contributed by atoms with van der Waals surface area (Å²) in [6, 6.07) is 17.2. The molecule has 0 spiro atoms. The van der Waals surface area contributed by atoms with Gasteiger partial charge in [-0.1, -0.05) is 18.2 Å². The zero-order chi connectivity index (χ0) is 29.8. The van der Waals surface area contributed by atoms with Crippen LogP contribution in [0.25, 0.3) is 22.0 Å². The Morgan fingerprint density at radius 1 is 0.881 bits per heavy atom. The van der Waals surface area contributed by atoms with Gasteiger partial charge in [0.2, 0.25) is 5.91 Å². The lowest BCUT2D eigenvalue weighted by Crippen LogP contribution is -2.32. The van der Waals surface area contributed by atoms with Crippen molar-refractivity contribution in [2.45, 2.75) is 38.8 Å². The van der Waals surface area contributed by atoms with Gasteiger partial charge >= 0.3 is 0 Å². The molecular formula is C33H29F3N4O2. The number of aromatic nitrogens is 2. The van der Waals surface area contributed by atoms with Crippen molar-refractivity contribution in [3.63, 3.8) is 0 Å². The molecule has 5 rings (SSSR count). The van der Waals surface area contributed by atoms with Crippen molar-refractivity contribution in [3.05, 3.63) is 125 Å². The second kappa shape index (κ2) is 12.3. The second-order valence-electron chi connectivity index (χ2n) is 10.4. The van der Waals surface area contributed by atoms with E-state index in [-0.39, 0.29) is 30.7 Å². The van der Waals surface area contributed by atoms with Gasteiger partial charge < -0.3 is 15.6 Å². The molecule has 2 heterocycles. The summed E-state index contributed by atoms with van der Waals surface area (Å²) in [5, 5.41) is 6.44. The molecule has 1 atom stereocenters. The predicted molar refractivity (Wildman–Crippen MR) is 155 cm³/mol. The molecule has 214 valence electrons. The van der Waals surface area contributed by atoms with E-state index in [1.54, 1.807) is 42.7 Å². The summed E-state index contributed by atoms with van der Waals surface area (Å²) in [7, 11) is 0. The fraction of sp³-hybridized carbons (Fsp3) is 0.182. The third kappa shape index (κ3) is 6.68. The first-order valence-electron chi connectivity index (χ1n) is 13.5. The maximum absolute atomic E-state index is 14.1. The van der Waals surface area contributed by atoms with Crippen LogP contribution in [0.3, 0.4) is 0 Å². The number of nitrogens with zero attached hydrogens (tertiary/aromatic N) is 1. The van der Waals surface area contributed by atoms with Crippen molar-refractivity contribution < 1.29 is 22.8 Å². The first kappa shape index (κ1) is 28.6. The van der Waals surface area contributed by atoms with Gasteiger partial charge in [0.05, 0.1) is 18.2 Å². The predicted octanol–water partition coefficient (Wildman–Crippen LogP) is 6.43. The van der Waals surface area contributed by atoms with Crippen LogP contribution in [0.15, 0.2) is 85.2 Å². The number of carbonyl (C=O) groups excluding carboxylic acids is 2. The number of fused-ring (bicyclic) bond motifs is 1. The molecule has 0 aliphatic heterocycles. The van der Waals surface area contributed by atoms with Gasteiger partial charge in [-0.05, 0) is 85.5 Å². The number of amides is 2. The SMILES string of the molecule is CC(C)NC(=O)c1cccc(-c2cccnc2C(Cc2cc(F)cc(F)c2)NC(=O)Cc2c[nH]c3ccc(F)cc23)c1. The number of hydrogen-bond donors (Lipinski definition) is 3. The van der Waals surface area contributed by atoms with Crippen LogP contribution in [0, 0.1) is 17.5 Å². The van der Waals surface area contributed by atoms with Crippen molar-refractivity contribution in [1.29, 1.82) is 0 Å². The van der Waals surface area contributed by atoms with Gasteiger partial charge in [-0.25, -0.2) is 13.2 Å². The number of carbonyl (C=O) groups is 2. The van der Waals surface area contributed by atoms with E-state index in [4.69, 9.17) is 0 Å². The van der Waals surface area contributed by atoms with Crippen molar-refractivity contribution in [3.8, 4) is 11.1 Å². The molecule has 0 aliphatic carbocycles. The summed E-state index contributed by atoms with van der Waals surface area (Å²) < 4.78 is 42.1. The van der Waals surface area contributed by atoms with E-state index in [0.717, 1.165) is 6.07 Å². The smallest absolute Gasteiger partial charge is 0.251 e. The Bertz CT molecular complexity index is 1750. The lowest BCUT2D eigenvalue weighted by Gasteiger charge is -2.22. The number of benzene rings is 3. The van der Waals surface area contributed by atoms with Crippen LogP contribution in [-0.4, -0.2) is 27.8 Å². The zero-order valence-corrected chi connectivity index (χ0v) is 23.0. The molecule has 2 aromatic heterocycles. The highest BCUT2D eigenvalue weighted by Crippen LogP contribution is 2.30. The van der Waals surface area contributed by atoms with E-state index >= 15 is 0 Å². The van der Waals surface area contributed by atoms with Gasteiger partial charge in [0.15, 0.2) is 0 Å².